The number of carbonyl (C=O) groups excluding carboxylic acids is 1. The van der Waals surface area contributed by atoms with Gasteiger partial charge in [-0.05, 0) is 19.1 Å². The molecule has 0 spiro atoms. The monoisotopic (exact) mass is 394 g/mol. The number of methoxy groups -OCH3 is 3. The summed E-state index contributed by atoms with van der Waals surface area (Å²) in [4.78, 5) is 21.2. The first-order chi connectivity index (χ1) is 14.0. The average molecular weight is 394 g/mol. The van der Waals surface area contributed by atoms with E-state index in [0.717, 1.165) is 0 Å². The van der Waals surface area contributed by atoms with E-state index in [4.69, 9.17) is 14.2 Å². The number of aryl methyl sites for hydroxylation is 1. The molecule has 3 rings (SSSR count). The Balaban J connectivity index is 1.88. The maximum absolute atomic E-state index is 12.6. The van der Waals surface area contributed by atoms with Crippen LogP contribution in [0.25, 0.3) is 0 Å². The molecular formula is C21H22N4O4. The van der Waals surface area contributed by atoms with Crippen molar-refractivity contribution in [2.75, 3.05) is 32.0 Å². The van der Waals surface area contributed by atoms with E-state index >= 15 is 0 Å². The maximum atomic E-state index is 12.6. The van der Waals surface area contributed by atoms with Gasteiger partial charge < -0.3 is 24.8 Å². The molecule has 1 aromatic heterocycles. The highest BCUT2D eigenvalue weighted by atomic mass is 16.5. The summed E-state index contributed by atoms with van der Waals surface area (Å²) in [5.74, 6) is 2.09. The molecule has 8 nitrogen and oxygen atoms in total. The number of para-hydroxylation sites is 1. The summed E-state index contributed by atoms with van der Waals surface area (Å²) in [5, 5.41) is 5.97. The van der Waals surface area contributed by atoms with Gasteiger partial charge in [-0.3, -0.25) is 4.79 Å². The van der Waals surface area contributed by atoms with Crippen LogP contribution in [0, 0.1) is 6.92 Å². The molecule has 0 unspecified atom stereocenters. The van der Waals surface area contributed by atoms with Crippen LogP contribution in [0.5, 0.6) is 17.2 Å². The van der Waals surface area contributed by atoms with Crippen molar-refractivity contribution in [3.8, 4) is 17.2 Å². The van der Waals surface area contributed by atoms with Gasteiger partial charge in [-0.25, -0.2) is 9.97 Å². The molecule has 0 aliphatic heterocycles. The van der Waals surface area contributed by atoms with E-state index < -0.39 is 0 Å². The van der Waals surface area contributed by atoms with Gasteiger partial charge in [0.25, 0.3) is 5.91 Å². The van der Waals surface area contributed by atoms with E-state index in [-0.39, 0.29) is 11.6 Å². The predicted molar refractivity (Wildman–Crippen MR) is 111 cm³/mol. The normalized spacial score (nSPS) is 10.2. The summed E-state index contributed by atoms with van der Waals surface area (Å²) in [6.07, 6.45) is 0. The zero-order valence-electron chi connectivity index (χ0n) is 16.6. The number of nitrogens with zero attached hydrogens (tertiary/aromatic N) is 2. The minimum atomic E-state index is -0.324. The standard InChI is InChI=1S/C21H22N4O4/c1-13-22-16(21(26)25-14-8-6-5-7-9-14)12-19(23-13)24-15-10-17(27-2)20(29-4)18(11-15)28-3/h5-12H,1-4H3,(H,25,26)(H,22,23,24). The number of nitrogens with one attached hydrogen (secondary N) is 2. The Morgan fingerprint density at radius 2 is 1.52 bits per heavy atom. The molecule has 0 atom stereocenters. The number of benzene rings is 2. The third kappa shape index (κ3) is 4.73. The minimum absolute atomic E-state index is 0.247. The lowest BCUT2D eigenvalue weighted by atomic mass is 10.2. The topological polar surface area (TPSA) is 94.6 Å². The Bertz CT molecular complexity index is 984. The van der Waals surface area contributed by atoms with Crippen molar-refractivity contribution in [1.82, 2.24) is 9.97 Å². The number of amides is 1. The van der Waals surface area contributed by atoms with Crippen LogP contribution >= 0.6 is 0 Å². The largest absolute Gasteiger partial charge is 0.493 e. The molecule has 1 heterocycles. The van der Waals surface area contributed by atoms with E-state index in [0.29, 0.717) is 40.3 Å². The second kappa shape index (κ2) is 8.92. The fourth-order valence-electron chi connectivity index (χ4n) is 2.77. The van der Waals surface area contributed by atoms with E-state index in [2.05, 4.69) is 20.6 Å². The molecule has 0 saturated heterocycles. The molecule has 2 N–H and O–H groups in total. The highest BCUT2D eigenvalue weighted by Gasteiger charge is 2.15. The quantitative estimate of drug-likeness (QED) is 0.629. The first-order valence-electron chi connectivity index (χ1n) is 8.83. The molecular weight excluding hydrogens is 372 g/mol. The number of rotatable bonds is 7. The molecule has 0 aliphatic carbocycles. The van der Waals surface area contributed by atoms with Crippen LogP contribution < -0.4 is 24.8 Å². The van der Waals surface area contributed by atoms with Gasteiger partial charge in [-0.2, -0.15) is 0 Å². The summed E-state index contributed by atoms with van der Waals surface area (Å²) < 4.78 is 16.1. The number of aromatic nitrogens is 2. The number of anilines is 3. The first-order valence-corrected chi connectivity index (χ1v) is 8.83. The Kier molecular flexibility index (Phi) is 6.13. The lowest BCUT2D eigenvalue weighted by Gasteiger charge is -2.15. The maximum Gasteiger partial charge on any atom is 0.274 e. The van der Waals surface area contributed by atoms with Gasteiger partial charge in [-0.15, -0.1) is 0 Å². The summed E-state index contributed by atoms with van der Waals surface area (Å²) in [5.41, 5.74) is 1.59. The number of hydrogen-bond acceptors (Lipinski definition) is 7. The van der Waals surface area contributed by atoms with E-state index in [1.165, 1.54) is 0 Å². The van der Waals surface area contributed by atoms with Crippen LogP contribution in [0.1, 0.15) is 16.3 Å². The van der Waals surface area contributed by atoms with Gasteiger partial charge in [0, 0.05) is 29.6 Å². The van der Waals surface area contributed by atoms with Gasteiger partial charge in [0.1, 0.15) is 17.3 Å². The molecule has 0 fully saturated rings. The number of carbonyl (C=O) groups is 1. The van der Waals surface area contributed by atoms with Crippen LogP contribution in [-0.2, 0) is 0 Å². The summed E-state index contributed by atoms with van der Waals surface area (Å²) in [7, 11) is 4.63. The smallest absolute Gasteiger partial charge is 0.274 e. The summed E-state index contributed by atoms with van der Waals surface area (Å²) in [6.45, 7) is 1.72. The van der Waals surface area contributed by atoms with E-state index in [9.17, 15) is 4.79 Å². The Morgan fingerprint density at radius 1 is 0.862 bits per heavy atom. The van der Waals surface area contributed by atoms with Crippen molar-refractivity contribution >= 4 is 23.1 Å². The zero-order chi connectivity index (χ0) is 20.8. The van der Waals surface area contributed by atoms with Crippen molar-refractivity contribution < 1.29 is 19.0 Å². The SMILES string of the molecule is COc1cc(Nc2cc(C(=O)Nc3ccccc3)nc(C)n2)cc(OC)c1OC. The Morgan fingerprint density at radius 3 is 2.10 bits per heavy atom. The summed E-state index contributed by atoms with van der Waals surface area (Å²) >= 11 is 0. The van der Waals surface area contributed by atoms with Crippen molar-refractivity contribution in [2.45, 2.75) is 6.92 Å². The van der Waals surface area contributed by atoms with E-state index in [1.54, 1.807) is 58.6 Å². The van der Waals surface area contributed by atoms with Crippen LogP contribution in [0.15, 0.2) is 48.5 Å². The fraction of sp³-hybridized carbons (Fsp3) is 0.190. The average Bonchev–Trinajstić information content (AvgIpc) is 2.73. The molecule has 2 aromatic carbocycles. The molecule has 3 aromatic rings. The minimum Gasteiger partial charge on any atom is -0.493 e. The molecule has 0 saturated carbocycles. The molecule has 0 aliphatic rings. The van der Waals surface area contributed by atoms with Crippen molar-refractivity contribution in [1.29, 1.82) is 0 Å². The lowest BCUT2D eigenvalue weighted by Crippen LogP contribution is -2.15. The van der Waals surface area contributed by atoms with Crippen LogP contribution in [0.3, 0.4) is 0 Å². The van der Waals surface area contributed by atoms with Gasteiger partial charge in [0.15, 0.2) is 11.5 Å². The van der Waals surface area contributed by atoms with Crippen molar-refractivity contribution in [2.24, 2.45) is 0 Å². The second-order valence-corrected chi connectivity index (χ2v) is 6.04. The third-order valence-corrected chi connectivity index (χ3v) is 4.04. The Labute approximate surface area is 168 Å². The fourth-order valence-corrected chi connectivity index (χ4v) is 2.77. The van der Waals surface area contributed by atoms with E-state index in [1.807, 2.05) is 18.2 Å². The first kappa shape index (κ1) is 19.9. The molecule has 29 heavy (non-hydrogen) atoms. The molecule has 150 valence electrons. The number of hydrogen-bond donors (Lipinski definition) is 2. The third-order valence-electron chi connectivity index (χ3n) is 4.04. The van der Waals surface area contributed by atoms with Crippen molar-refractivity contribution in [3.63, 3.8) is 0 Å². The molecule has 1 amide bonds. The van der Waals surface area contributed by atoms with Crippen LogP contribution in [0.2, 0.25) is 0 Å². The van der Waals surface area contributed by atoms with Gasteiger partial charge in [0.05, 0.1) is 21.3 Å². The second-order valence-electron chi connectivity index (χ2n) is 6.04. The molecule has 8 heteroatoms. The number of ether oxygens (including phenoxy) is 3. The van der Waals surface area contributed by atoms with Crippen LogP contribution in [0.4, 0.5) is 17.2 Å². The van der Waals surface area contributed by atoms with Gasteiger partial charge in [-0.1, -0.05) is 18.2 Å². The van der Waals surface area contributed by atoms with Crippen LogP contribution in [-0.4, -0.2) is 37.2 Å². The zero-order valence-corrected chi connectivity index (χ0v) is 16.6. The molecule has 0 bridgehead atoms. The molecule has 0 radical (unpaired) electrons. The highest BCUT2D eigenvalue weighted by Crippen LogP contribution is 2.40. The van der Waals surface area contributed by atoms with Gasteiger partial charge in [0.2, 0.25) is 5.75 Å². The summed E-state index contributed by atoms with van der Waals surface area (Å²) in [6, 6.07) is 14.3. The highest BCUT2D eigenvalue weighted by molar-refractivity contribution is 6.03. The van der Waals surface area contributed by atoms with Gasteiger partial charge >= 0.3 is 0 Å². The lowest BCUT2D eigenvalue weighted by molar-refractivity contribution is 0.102. The van der Waals surface area contributed by atoms with Crippen molar-refractivity contribution in [3.05, 3.63) is 60.0 Å². The predicted octanol–water partition coefficient (Wildman–Crippen LogP) is 3.81. The Hall–Kier alpha value is -3.81.